The number of aromatic nitrogens is 3. The second-order valence-corrected chi connectivity index (χ2v) is 4.57. The maximum Gasteiger partial charge on any atom is 0.251 e. The third-order valence-electron chi connectivity index (χ3n) is 2.97. The first-order chi connectivity index (χ1) is 9.72. The largest absolute Gasteiger partial charge is 0.305 e. The normalized spacial score (nSPS) is 10.4. The van der Waals surface area contributed by atoms with Crippen LogP contribution in [0.5, 0.6) is 0 Å². The van der Waals surface area contributed by atoms with E-state index in [1.807, 2.05) is 49.4 Å². The van der Waals surface area contributed by atoms with E-state index in [1.54, 1.807) is 6.20 Å². The van der Waals surface area contributed by atoms with Gasteiger partial charge in [-0.15, -0.1) is 0 Å². The van der Waals surface area contributed by atoms with Crippen molar-refractivity contribution in [1.82, 2.24) is 15.0 Å². The van der Waals surface area contributed by atoms with Gasteiger partial charge in [0.05, 0.1) is 5.69 Å². The molecule has 20 heavy (non-hydrogen) atoms. The number of rotatable bonds is 2. The molecule has 0 unspecified atom stereocenters. The summed E-state index contributed by atoms with van der Waals surface area (Å²) in [6.45, 7) is 1.97. The lowest BCUT2D eigenvalue weighted by Gasteiger charge is -2.04. The van der Waals surface area contributed by atoms with Gasteiger partial charge < -0.3 is 4.98 Å². The monoisotopic (exact) mass is 263 g/mol. The van der Waals surface area contributed by atoms with Crippen LogP contribution in [0.1, 0.15) is 5.56 Å². The Bertz CT molecular complexity index is 777. The van der Waals surface area contributed by atoms with Crippen molar-refractivity contribution in [2.24, 2.45) is 0 Å². The van der Waals surface area contributed by atoms with Crippen LogP contribution in [0.2, 0.25) is 0 Å². The van der Waals surface area contributed by atoms with E-state index in [4.69, 9.17) is 0 Å². The number of hydrogen-bond acceptors (Lipinski definition) is 3. The zero-order valence-electron chi connectivity index (χ0n) is 11.0. The highest BCUT2D eigenvalue weighted by Gasteiger charge is 2.06. The third-order valence-corrected chi connectivity index (χ3v) is 2.97. The highest BCUT2D eigenvalue weighted by Crippen LogP contribution is 2.17. The van der Waals surface area contributed by atoms with Gasteiger partial charge in [-0.2, -0.15) is 0 Å². The maximum atomic E-state index is 11.8. The number of H-pyrrole nitrogens is 1. The molecule has 0 amide bonds. The van der Waals surface area contributed by atoms with Crippen molar-refractivity contribution in [3.8, 4) is 22.8 Å². The Hall–Kier alpha value is -2.75. The number of hydrogen-bond donors (Lipinski definition) is 1. The highest BCUT2D eigenvalue weighted by atomic mass is 16.1. The molecular formula is C16H13N3O. The topological polar surface area (TPSA) is 58.6 Å². The average Bonchev–Trinajstić information content (AvgIpc) is 2.48. The predicted octanol–water partition coefficient (Wildman–Crippen LogP) is 2.81. The van der Waals surface area contributed by atoms with Crippen molar-refractivity contribution < 1.29 is 0 Å². The van der Waals surface area contributed by atoms with E-state index in [2.05, 4.69) is 15.0 Å². The smallest absolute Gasteiger partial charge is 0.251 e. The molecule has 3 rings (SSSR count). The SMILES string of the molecule is Cc1ccc(-c2nc(-c3ccccc3)cc(=O)[nH]2)nc1. The van der Waals surface area contributed by atoms with Gasteiger partial charge in [-0.05, 0) is 18.6 Å². The Kier molecular flexibility index (Phi) is 3.13. The number of benzene rings is 1. The van der Waals surface area contributed by atoms with Crippen LogP contribution >= 0.6 is 0 Å². The first-order valence-electron chi connectivity index (χ1n) is 6.32. The number of aromatic amines is 1. The Balaban J connectivity index is 2.12. The summed E-state index contributed by atoms with van der Waals surface area (Å²) in [7, 11) is 0. The molecule has 0 radical (unpaired) electrons. The van der Waals surface area contributed by atoms with Crippen LogP contribution in [0.25, 0.3) is 22.8 Å². The molecular weight excluding hydrogens is 250 g/mol. The van der Waals surface area contributed by atoms with Crippen molar-refractivity contribution >= 4 is 0 Å². The molecule has 0 saturated heterocycles. The summed E-state index contributed by atoms with van der Waals surface area (Å²) >= 11 is 0. The summed E-state index contributed by atoms with van der Waals surface area (Å²) < 4.78 is 0. The fourth-order valence-corrected chi connectivity index (χ4v) is 1.94. The molecule has 98 valence electrons. The molecule has 0 atom stereocenters. The molecule has 0 aliphatic heterocycles. The average molecular weight is 263 g/mol. The molecule has 1 N–H and O–H groups in total. The van der Waals surface area contributed by atoms with Crippen LogP contribution < -0.4 is 5.56 Å². The number of pyridine rings is 1. The van der Waals surface area contributed by atoms with Crippen LogP contribution in [0.15, 0.2) is 59.5 Å². The van der Waals surface area contributed by atoms with Crippen LogP contribution in [0.4, 0.5) is 0 Å². The zero-order valence-corrected chi connectivity index (χ0v) is 11.0. The van der Waals surface area contributed by atoms with E-state index >= 15 is 0 Å². The predicted molar refractivity (Wildman–Crippen MR) is 78.3 cm³/mol. The van der Waals surface area contributed by atoms with Gasteiger partial charge in [0.15, 0.2) is 5.82 Å². The molecule has 2 aromatic heterocycles. The molecule has 4 heteroatoms. The Morgan fingerprint density at radius 3 is 2.50 bits per heavy atom. The Labute approximate surface area is 116 Å². The van der Waals surface area contributed by atoms with E-state index < -0.39 is 0 Å². The van der Waals surface area contributed by atoms with Crippen molar-refractivity contribution in [1.29, 1.82) is 0 Å². The van der Waals surface area contributed by atoms with Gasteiger partial charge in [-0.1, -0.05) is 36.4 Å². The van der Waals surface area contributed by atoms with Gasteiger partial charge >= 0.3 is 0 Å². The minimum atomic E-state index is -0.184. The third kappa shape index (κ3) is 2.49. The molecule has 3 aromatic rings. The van der Waals surface area contributed by atoms with E-state index in [1.165, 1.54) is 6.07 Å². The highest BCUT2D eigenvalue weighted by molar-refractivity contribution is 5.61. The second-order valence-electron chi connectivity index (χ2n) is 4.57. The van der Waals surface area contributed by atoms with E-state index in [-0.39, 0.29) is 5.56 Å². The van der Waals surface area contributed by atoms with Gasteiger partial charge in [0.25, 0.3) is 5.56 Å². The maximum absolute atomic E-state index is 11.8. The van der Waals surface area contributed by atoms with Gasteiger partial charge in [0.2, 0.25) is 0 Å². The lowest BCUT2D eigenvalue weighted by atomic mass is 10.1. The Morgan fingerprint density at radius 1 is 1.00 bits per heavy atom. The van der Waals surface area contributed by atoms with Gasteiger partial charge in [0, 0.05) is 17.8 Å². The molecule has 2 heterocycles. The fraction of sp³-hybridized carbons (Fsp3) is 0.0625. The van der Waals surface area contributed by atoms with Gasteiger partial charge in [0.1, 0.15) is 5.69 Å². The number of aryl methyl sites for hydroxylation is 1. The lowest BCUT2D eigenvalue weighted by Crippen LogP contribution is -2.09. The summed E-state index contributed by atoms with van der Waals surface area (Å²) in [6, 6.07) is 14.9. The number of nitrogens with one attached hydrogen (secondary N) is 1. The summed E-state index contributed by atoms with van der Waals surface area (Å²) in [5.41, 5.74) is 3.09. The molecule has 0 saturated carbocycles. The van der Waals surface area contributed by atoms with Crippen molar-refractivity contribution in [3.63, 3.8) is 0 Å². The molecule has 0 aliphatic carbocycles. The molecule has 4 nitrogen and oxygen atoms in total. The van der Waals surface area contributed by atoms with Crippen LogP contribution in [-0.4, -0.2) is 15.0 Å². The van der Waals surface area contributed by atoms with Gasteiger partial charge in [-0.25, -0.2) is 4.98 Å². The second kappa shape index (κ2) is 5.09. The van der Waals surface area contributed by atoms with Gasteiger partial charge in [-0.3, -0.25) is 9.78 Å². The standard InChI is InChI=1S/C16H13N3O/c1-11-7-8-13(17-10-11)16-18-14(9-15(20)19-16)12-5-3-2-4-6-12/h2-10H,1H3,(H,18,19,20). The molecule has 0 spiro atoms. The minimum absolute atomic E-state index is 0.184. The zero-order chi connectivity index (χ0) is 13.9. The Morgan fingerprint density at radius 2 is 1.80 bits per heavy atom. The van der Waals surface area contributed by atoms with E-state index in [9.17, 15) is 4.79 Å². The van der Waals surface area contributed by atoms with E-state index in [0.29, 0.717) is 17.2 Å². The summed E-state index contributed by atoms with van der Waals surface area (Å²) in [5, 5.41) is 0. The van der Waals surface area contributed by atoms with Crippen molar-refractivity contribution in [3.05, 3.63) is 70.6 Å². The quantitative estimate of drug-likeness (QED) is 0.773. The summed E-state index contributed by atoms with van der Waals surface area (Å²) in [6.07, 6.45) is 1.75. The fourth-order valence-electron chi connectivity index (χ4n) is 1.94. The molecule has 0 fully saturated rings. The first-order valence-corrected chi connectivity index (χ1v) is 6.32. The lowest BCUT2D eigenvalue weighted by molar-refractivity contribution is 1.10. The van der Waals surface area contributed by atoms with Crippen molar-refractivity contribution in [2.45, 2.75) is 6.92 Å². The molecule has 1 aromatic carbocycles. The first kappa shape index (κ1) is 12.3. The van der Waals surface area contributed by atoms with E-state index in [0.717, 1.165) is 11.1 Å². The number of nitrogens with zero attached hydrogens (tertiary/aromatic N) is 2. The van der Waals surface area contributed by atoms with Crippen LogP contribution in [0.3, 0.4) is 0 Å². The van der Waals surface area contributed by atoms with Crippen LogP contribution in [0, 0.1) is 6.92 Å². The van der Waals surface area contributed by atoms with Crippen molar-refractivity contribution in [2.75, 3.05) is 0 Å². The summed E-state index contributed by atoms with van der Waals surface area (Å²) in [4.78, 5) is 23.3. The molecule has 0 bridgehead atoms. The molecule has 0 aliphatic rings. The van der Waals surface area contributed by atoms with Crippen LogP contribution in [-0.2, 0) is 0 Å². The summed E-state index contributed by atoms with van der Waals surface area (Å²) in [5.74, 6) is 0.483. The minimum Gasteiger partial charge on any atom is -0.305 e.